The molecule has 1 unspecified atom stereocenters. The van der Waals surface area contributed by atoms with E-state index in [2.05, 4.69) is 19.7 Å². The lowest BCUT2D eigenvalue weighted by Crippen LogP contribution is -2.32. The zero-order chi connectivity index (χ0) is 15.6. The van der Waals surface area contributed by atoms with Crippen molar-refractivity contribution in [3.8, 4) is 0 Å². The van der Waals surface area contributed by atoms with Crippen molar-refractivity contribution in [1.29, 1.82) is 0 Å². The van der Waals surface area contributed by atoms with Crippen LogP contribution < -0.4 is 0 Å². The van der Waals surface area contributed by atoms with Gasteiger partial charge in [0.15, 0.2) is 5.82 Å². The molecule has 1 saturated heterocycles. The van der Waals surface area contributed by atoms with Crippen molar-refractivity contribution in [2.75, 3.05) is 6.54 Å². The lowest BCUT2D eigenvalue weighted by molar-refractivity contribution is 0.0726. The maximum atomic E-state index is 12.8. The Bertz CT molecular complexity index is 696. The van der Waals surface area contributed by atoms with E-state index in [-0.39, 0.29) is 11.9 Å². The highest BCUT2D eigenvalue weighted by molar-refractivity contribution is 5.94. The minimum Gasteiger partial charge on any atom is -0.328 e. The Labute approximate surface area is 135 Å². The molecule has 0 aliphatic carbocycles. The molecule has 1 atom stereocenters. The fourth-order valence-corrected chi connectivity index (χ4v) is 3.69. The molecule has 2 aromatic rings. The van der Waals surface area contributed by atoms with Gasteiger partial charge in [0.2, 0.25) is 0 Å². The number of hydrogen-bond acceptors (Lipinski definition) is 4. The molecule has 2 aliphatic rings. The molecule has 1 amide bonds. The molecule has 1 fully saturated rings. The average molecular weight is 311 g/mol. The van der Waals surface area contributed by atoms with Crippen LogP contribution in [0.5, 0.6) is 0 Å². The summed E-state index contributed by atoms with van der Waals surface area (Å²) < 4.78 is 2.26. The predicted molar refractivity (Wildman–Crippen MR) is 84.8 cm³/mol. The Morgan fingerprint density at radius 2 is 2.09 bits per heavy atom. The van der Waals surface area contributed by atoms with Crippen LogP contribution >= 0.6 is 0 Å². The first-order valence-electron chi connectivity index (χ1n) is 8.47. The molecule has 6 nitrogen and oxygen atoms in total. The highest BCUT2D eigenvalue weighted by Crippen LogP contribution is 2.33. The highest BCUT2D eigenvalue weighted by atomic mass is 16.2. The van der Waals surface area contributed by atoms with E-state index >= 15 is 0 Å². The lowest BCUT2D eigenvalue weighted by Gasteiger charge is -2.24. The summed E-state index contributed by atoms with van der Waals surface area (Å²) in [5.74, 6) is 2.10. The molecule has 120 valence electrons. The summed E-state index contributed by atoms with van der Waals surface area (Å²) in [6.07, 6.45) is 9.90. The summed E-state index contributed by atoms with van der Waals surface area (Å²) >= 11 is 0. The molecule has 2 aromatic heterocycles. The molecular weight excluding hydrogens is 290 g/mol. The fraction of sp³-hybridized carbons (Fsp3) is 0.529. The largest absolute Gasteiger partial charge is 0.328 e. The maximum Gasteiger partial charge on any atom is 0.256 e. The van der Waals surface area contributed by atoms with Gasteiger partial charge in [-0.3, -0.25) is 9.78 Å². The molecule has 23 heavy (non-hydrogen) atoms. The Kier molecular flexibility index (Phi) is 3.81. The molecule has 4 heterocycles. The SMILES string of the molecule is O=C(c1cccnc1)N1CCCC1c1nnc2n1CCCCC2. The molecular formula is C17H21N5O. The van der Waals surface area contributed by atoms with Crippen molar-refractivity contribution in [2.45, 2.75) is 51.1 Å². The number of likely N-dealkylation sites (tertiary alicyclic amines) is 1. The van der Waals surface area contributed by atoms with E-state index in [1.807, 2.05) is 11.0 Å². The van der Waals surface area contributed by atoms with E-state index < -0.39 is 0 Å². The molecule has 0 bridgehead atoms. The summed E-state index contributed by atoms with van der Waals surface area (Å²) in [6, 6.07) is 3.68. The molecule has 0 radical (unpaired) electrons. The van der Waals surface area contributed by atoms with Crippen molar-refractivity contribution < 1.29 is 4.79 Å². The number of rotatable bonds is 2. The van der Waals surface area contributed by atoms with Crippen LogP contribution in [0.1, 0.15) is 60.2 Å². The van der Waals surface area contributed by atoms with E-state index in [1.54, 1.807) is 18.5 Å². The highest BCUT2D eigenvalue weighted by Gasteiger charge is 2.34. The van der Waals surface area contributed by atoms with Gasteiger partial charge >= 0.3 is 0 Å². The zero-order valence-electron chi connectivity index (χ0n) is 13.2. The Morgan fingerprint density at radius 3 is 2.96 bits per heavy atom. The summed E-state index contributed by atoms with van der Waals surface area (Å²) in [5, 5.41) is 8.84. The molecule has 0 spiro atoms. The van der Waals surface area contributed by atoms with Crippen molar-refractivity contribution in [3.63, 3.8) is 0 Å². The van der Waals surface area contributed by atoms with Crippen LogP contribution in [0.15, 0.2) is 24.5 Å². The van der Waals surface area contributed by atoms with Crippen molar-refractivity contribution in [1.82, 2.24) is 24.6 Å². The summed E-state index contributed by atoms with van der Waals surface area (Å²) in [6.45, 7) is 1.75. The zero-order valence-corrected chi connectivity index (χ0v) is 13.2. The number of fused-ring (bicyclic) bond motifs is 1. The van der Waals surface area contributed by atoms with Crippen molar-refractivity contribution in [2.24, 2.45) is 0 Å². The summed E-state index contributed by atoms with van der Waals surface area (Å²) in [5.41, 5.74) is 0.648. The number of carbonyl (C=O) groups is 1. The monoisotopic (exact) mass is 311 g/mol. The van der Waals surface area contributed by atoms with E-state index in [4.69, 9.17) is 0 Å². The van der Waals surface area contributed by atoms with E-state index in [9.17, 15) is 4.79 Å². The summed E-state index contributed by atoms with van der Waals surface area (Å²) in [7, 11) is 0. The fourth-order valence-electron chi connectivity index (χ4n) is 3.69. The number of amides is 1. The average Bonchev–Trinajstić information content (AvgIpc) is 3.16. The Hall–Kier alpha value is -2.24. The van der Waals surface area contributed by atoms with Gasteiger partial charge in [-0.2, -0.15) is 0 Å². The van der Waals surface area contributed by atoms with Gasteiger partial charge in [-0.25, -0.2) is 0 Å². The van der Waals surface area contributed by atoms with E-state index in [0.29, 0.717) is 5.56 Å². The third kappa shape index (κ3) is 2.62. The Morgan fingerprint density at radius 1 is 1.13 bits per heavy atom. The van der Waals surface area contributed by atoms with Gasteiger partial charge in [-0.15, -0.1) is 10.2 Å². The second-order valence-electron chi connectivity index (χ2n) is 6.33. The van der Waals surface area contributed by atoms with Crippen LogP contribution in [0.25, 0.3) is 0 Å². The van der Waals surface area contributed by atoms with Crippen molar-refractivity contribution in [3.05, 3.63) is 41.7 Å². The van der Waals surface area contributed by atoms with Crippen LogP contribution in [0.2, 0.25) is 0 Å². The van der Waals surface area contributed by atoms with Gasteiger partial charge in [0.1, 0.15) is 5.82 Å². The number of nitrogens with zero attached hydrogens (tertiary/aromatic N) is 5. The smallest absolute Gasteiger partial charge is 0.256 e. The minimum absolute atomic E-state index is 0.0436. The van der Waals surface area contributed by atoms with Gasteiger partial charge in [-0.1, -0.05) is 6.42 Å². The van der Waals surface area contributed by atoms with Crippen LogP contribution in [0.3, 0.4) is 0 Å². The lowest BCUT2D eigenvalue weighted by atomic mass is 10.2. The third-order valence-corrected chi connectivity index (χ3v) is 4.86. The first kappa shape index (κ1) is 14.4. The normalized spacial score (nSPS) is 21.0. The second kappa shape index (κ2) is 6.10. The first-order chi connectivity index (χ1) is 11.3. The van der Waals surface area contributed by atoms with Crippen molar-refractivity contribution >= 4 is 5.91 Å². The quantitative estimate of drug-likeness (QED) is 0.854. The van der Waals surface area contributed by atoms with E-state index in [0.717, 1.165) is 44.0 Å². The number of aryl methyl sites for hydroxylation is 1. The number of hydrogen-bond donors (Lipinski definition) is 0. The molecule has 0 saturated carbocycles. The predicted octanol–water partition coefficient (Wildman–Crippen LogP) is 2.38. The molecule has 0 N–H and O–H groups in total. The van der Waals surface area contributed by atoms with Crippen LogP contribution in [0.4, 0.5) is 0 Å². The minimum atomic E-state index is 0.0436. The van der Waals surface area contributed by atoms with Gasteiger partial charge < -0.3 is 9.47 Å². The molecule has 2 aliphatic heterocycles. The van der Waals surface area contributed by atoms with Gasteiger partial charge in [-0.05, 0) is 37.8 Å². The standard InChI is InChI=1S/C17H21N5O/c23-17(13-6-4-9-18-12-13)21-11-5-7-14(21)16-20-19-15-8-2-1-3-10-22(15)16/h4,6,9,12,14H,1-3,5,7-8,10-11H2. The third-order valence-electron chi connectivity index (χ3n) is 4.86. The molecule has 4 rings (SSSR count). The van der Waals surface area contributed by atoms with Gasteiger partial charge in [0.25, 0.3) is 5.91 Å². The van der Waals surface area contributed by atoms with E-state index in [1.165, 1.54) is 19.3 Å². The van der Waals surface area contributed by atoms with Crippen LogP contribution in [-0.2, 0) is 13.0 Å². The van der Waals surface area contributed by atoms with Gasteiger partial charge in [0.05, 0.1) is 11.6 Å². The molecule has 6 heteroatoms. The van der Waals surface area contributed by atoms with Gasteiger partial charge in [0, 0.05) is 31.9 Å². The second-order valence-corrected chi connectivity index (χ2v) is 6.33. The number of pyridine rings is 1. The molecule has 0 aromatic carbocycles. The summed E-state index contributed by atoms with van der Waals surface area (Å²) in [4.78, 5) is 18.8. The number of carbonyl (C=O) groups excluding carboxylic acids is 1. The topological polar surface area (TPSA) is 63.9 Å². The number of aromatic nitrogens is 4. The Balaban J connectivity index is 1.64. The van der Waals surface area contributed by atoms with Crippen LogP contribution in [-0.4, -0.2) is 37.1 Å². The maximum absolute atomic E-state index is 12.8. The van der Waals surface area contributed by atoms with Crippen LogP contribution in [0, 0.1) is 0 Å². The first-order valence-corrected chi connectivity index (χ1v) is 8.47.